The summed E-state index contributed by atoms with van der Waals surface area (Å²) in [6.07, 6.45) is 0. The topological polar surface area (TPSA) is 47.6 Å². The molecule has 4 nitrogen and oxygen atoms in total. The van der Waals surface area contributed by atoms with Gasteiger partial charge in [-0.3, -0.25) is 4.79 Å². The Labute approximate surface area is 141 Å². The number of hydrogen-bond donors (Lipinski definition) is 1. The van der Waals surface area contributed by atoms with Crippen LogP contribution in [0.3, 0.4) is 0 Å². The molecule has 23 heavy (non-hydrogen) atoms. The SMILES string of the molecule is COc1cccc(COCC(=O)N[C@@H](c2cccs2)C(C)C)c1. The number of methoxy groups -OCH3 is 1. The molecular formula is C18H23NO3S. The van der Waals surface area contributed by atoms with Crippen LogP contribution in [0.4, 0.5) is 0 Å². The Kier molecular flexibility index (Phi) is 6.62. The fraction of sp³-hybridized carbons (Fsp3) is 0.389. The first-order valence-corrected chi connectivity index (χ1v) is 8.51. The van der Waals surface area contributed by atoms with E-state index in [2.05, 4.69) is 19.2 Å². The molecule has 0 fully saturated rings. The van der Waals surface area contributed by atoms with Crippen molar-refractivity contribution < 1.29 is 14.3 Å². The van der Waals surface area contributed by atoms with Gasteiger partial charge in [-0.15, -0.1) is 11.3 Å². The lowest BCUT2D eigenvalue weighted by Gasteiger charge is -2.21. The number of nitrogens with one attached hydrogen (secondary N) is 1. The molecule has 0 bridgehead atoms. The minimum atomic E-state index is -0.0972. The highest BCUT2D eigenvalue weighted by Gasteiger charge is 2.19. The maximum absolute atomic E-state index is 12.1. The number of amides is 1. The molecule has 5 heteroatoms. The van der Waals surface area contributed by atoms with Crippen molar-refractivity contribution in [2.75, 3.05) is 13.7 Å². The lowest BCUT2D eigenvalue weighted by atomic mass is 10.0. The number of rotatable bonds is 8. The molecule has 0 saturated heterocycles. The molecule has 2 rings (SSSR count). The molecule has 1 aromatic carbocycles. The predicted molar refractivity (Wildman–Crippen MR) is 92.7 cm³/mol. The number of hydrogen-bond acceptors (Lipinski definition) is 4. The Morgan fingerprint density at radius 1 is 1.26 bits per heavy atom. The van der Waals surface area contributed by atoms with E-state index < -0.39 is 0 Å². The summed E-state index contributed by atoms with van der Waals surface area (Å²) in [7, 11) is 1.63. The minimum Gasteiger partial charge on any atom is -0.497 e. The van der Waals surface area contributed by atoms with Crippen LogP contribution in [-0.4, -0.2) is 19.6 Å². The van der Waals surface area contributed by atoms with Crippen LogP contribution in [0.2, 0.25) is 0 Å². The second-order valence-electron chi connectivity index (χ2n) is 5.65. The van der Waals surface area contributed by atoms with Crippen LogP contribution in [0.5, 0.6) is 5.75 Å². The zero-order valence-electron chi connectivity index (χ0n) is 13.7. The fourth-order valence-corrected chi connectivity index (χ4v) is 3.22. The van der Waals surface area contributed by atoms with Gasteiger partial charge in [-0.1, -0.05) is 32.0 Å². The highest BCUT2D eigenvalue weighted by Crippen LogP contribution is 2.25. The van der Waals surface area contributed by atoms with Gasteiger partial charge in [0.1, 0.15) is 12.4 Å². The molecule has 0 unspecified atom stereocenters. The van der Waals surface area contributed by atoms with Gasteiger partial charge in [-0.05, 0) is 35.1 Å². The molecule has 1 atom stereocenters. The molecule has 0 saturated carbocycles. The minimum absolute atomic E-state index is 0.0305. The number of ether oxygens (including phenoxy) is 2. The van der Waals surface area contributed by atoms with Crippen LogP contribution < -0.4 is 10.1 Å². The normalized spacial score (nSPS) is 12.2. The standard InChI is InChI=1S/C18H23NO3S/c1-13(2)18(16-8-5-9-23-16)19-17(20)12-22-11-14-6-4-7-15(10-14)21-3/h4-10,13,18H,11-12H2,1-3H3,(H,19,20)/t18-/m1/s1. The van der Waals surface area contributed by atoms with Crippen molar-refractivity contribution in [2.24, 2.45) is 5.92 Å². The Morgan fingerprint density at radius 2 is 2.09 bits per heavy atom. The third-order valence-corrected chi connectivity index (χ3v) is 4.42. The van der Waals surface area contributed by atoms with Gasteiger partial charge in [-0.25, -0.2) is 0 Å². The first kappa shape index (κ1) is 17.5. The Hall–Kier alpha value is -1.85. The van der Waals surface area contributed by atoms with Gasteiger partial charge in [0.15, 0.2) is 0 Å². The first-order chi connectivity index (χ1) is 11.1. The quantitative estimate of drug-likeness (QED) is 0.799. The molecule has 124 valence electrons. The number of thiophene rings is 1. The van der Waals surface area contributed by atoms with Crippen molar-refractivity contribution in [1.82, 2.24) is 5.32 Å². The highest BCUT2D eigenvalue weighted by molar-refractivity contribution is 7.10. The highest BCUT2D eigenvalue weighted by atomic mass is 32.1. The Morgan fingerprint density at radius 3 is 2.74 bits per heavy atom. The van der Waals surface area contributed by atoms with E-state index in [1.807, 2.05) is 41.8 Å². The van der Waals surface area contributed by atoms with E-state index in [-0.39, 0.29) is 18.6 Å². The van der Waals surface area contributed by atoms with Crippen molar-refractivity contribution in [3.63, 3.8) is 0 Å². The molecule has 1 aromatic heterocycles. The van der Waals surface area contributed by atoms with Crippen LogP contribution in [-0.2, 0) is 16.1 Å². The van der Waals surface area contributed by atoms with Crippen LogP contribution >= 0.6 is 11.3 Å². The average molecular weight is 333 g/mol. The third-order valence-electron chi connectivity index (χ3n) is 3.47. The maximum atomic E-state index is 12.1. The van der Waals surface area contributed by atoms with Gasteiger partial charge in [0.25, 0.3) is 0 Å². The molecular weight excluding hydrogens is 310 g/mol. The fourth-order valence-electron chi connectivity index (χ4n) is 2.27. The summed E-state index contributed by atoms with van der Waals surface area (Å²) < 4.78 is 10.7. The number of carbonyl (C=O) groups is 1. The molecule has 0 aliphatic rings. The summed E-state index contributed by atoms with van der Waals surface area (Å²) in [6, 6.07) is 11.7. The summed E-state index contributed by atoms with van der Waals surface area (Å²) >= 11 is 1.66. The number of carbonyl (C=O) groups excluding carboxylic acids is 1. The van der Waals surface area contributed by atoms with E-state index in [9.17, 15) is 4.79 Å². The van der Waals surface area contributed by atoms with Gasteiger partial charge in [0.05, 0.1) is 19.8 Å². The van der Waals surface area contributed by atoms with Gasteiger partial charge in [0.2, 0.25) is 5.91 Å². The van der Waals surface area contributed by atoms with Gasteiger partial charge < -0.3 is 14.8 Å². The zero-order chi connectivity index (χ0) is 16.7. The molecule has 1 N–H and O–H groups in total. The second-order valence-corrected chi connectivity index (χ2v) is 6.63. The van der Waals surface area contributed by atoms with Crippen molar-refractivity contribution in [2.45, 2.75) is 26.5 Å². The van der Waals surface area contributed by atoms with Crippen molar-refractivity contribution >= 4 is 17.2 Å². The van der Waals surface area contributed by atoms with Crippen molar-refractivity contribution in [1.29, 1.82) is 0 Å². The molecule has 0 aliphatic heterocycles. The van der Waals surface area contributed by atoms with Gasteiger partial charge >= 0.3 is 0 Å². The van der Waals surface area contributed by atoms with Crippen molar-refractivity contribution in [3.8, 4) is 5.75 Å². The molecule has 0 radical (unpaired) electrons. The van der Waals surface area contributed by atoms with Crippen LogP contribution in [0.15, 0.2) is 41.8 Å². The first-order valence-electron chi connectivity index (χ1n) is 7.63. The van der Waals surface area contributed by atoms with E-state index in [1.165, 1.54) is 4.88 Å². The van der Waals surface area contributed by atoms with E-state index in [0.29, 0.717) is 12.5 Å². The summed E-state index contributed by atoms with van der Waals surface area (Å²) in [4.78, 5) is 13.3. The molecule has 1 amide bonds. The summed E-state index contributed by atoms with van der Waals surface area (Å²) in [5, 5.41) is 5.07. The lowest BCUT2D eigenvalue weighted by molar-refractivity contribution is -0.127. The Bertz CT molecular complexity index is 610. The molecule has 0 spiro atoms. The van der Waals surface area contributed by atoms with E-state index in [0.717, 1.165) is 11.3 Å². The maximum Gasteiger partial charge on any atom is 0.246 e. The largest absolute Gasteiger partial charge is 0.497 e. The van der Waals surface area contributed by atoms with Gasteiger partial charge in [-0.2, -0.15) is 0 Å². The monoisotopic (exact) mass is 333 g/mol. The summed E-state index contributed by atoms with van der Waals surface area (Å²) in [5.41, 5.74) is 0.982. The number of benzene rings is 1. The van der Waals surface area contributed by atoms with E-state index in [4.69, 9.17) is 9.47 Å². The van der Waals surface area contributed by atoms with E-state index >= 15 is 0 Å². The third kappa shape index (κ3) is 5.37. The summed E-state index contributed by atoms with van der Waals surface area (Å²) in [5.74, 6) is 1.02. The lowest BCUT2D eigenvalue weighted by Crippen LogP contribution is -2.33. The van der Waals surface area contributed by atoms with Crippen LogP contribution in [0.1, 0.15) is 30.3 Å². The average Bonchev–Trinajstić information content (AvgIpc) is 3.06. The van der Waals surface area contributed by atoms with E-state index in [1.54, 1.807) is 18.4 Å². The van der Waals surface area contributed by atoms with Crippen LogP contribution in [0.25, 0.3) is 0 Å². The zero-order valence-corrected chi connectivity index (χ0v) is 14.6. The second kappa shape index (κ2) is 8.70. The Balaban J connectivity index is 1.82. The molecule has 2 aromatic rings. The van der Waals surface area contributed by atoms with Crippen molar-refractivity contribution in [3.05, 3.63) is 52.2 Å². The smallest absolute Gasteiger partial charge is 0.246 e. The molecule has 0 aliphatic carbocycles. The molecule has 1 heterocycles. The summed E-state index contributed by atoms with van der Waals surface area (Å²) in [6.45, 7) is 4.63. The van der Waals surface area contributed by atoms with Crippen LogP contribution in [0, 0.1) is 5.92 Å². The predicted octanol–water partition coefficient (Wildman–Crippen LogP) is 3.79. The van der Waals surface area contributed by atoms with Gasteiger partial charge in [0, 0.05) is 4.88 Å².